The Kier molecular flexibility index (Phi) is 4.17. The van der Waals surface area contributed by atoms with E-state index in [1.165, 1.54) is 19.3 Å². The number of nitrogens with zero attached hydrogens (tertiary/aromatic N) is 3. The summed E-state index contributed by atoms with van der Waals surface area (Å²) in [5, 5.41) is 9.10. The maximum Gasteiger partial charge on any atom is 0.316 e. The first-order chi connectivity index (χ1) is 6.77. The maximum absolute atomic E-state index is 9.10. The number of nitrogens with two attached hydrogens (primary N) is 1. The van der Waals surface area contributed by atoms with E-state index >= 15 is 0 Å². The van der Waals surface area contributed by atoms with Crippen molar-refractivity contribution in [3.8, 4) is 0 Å². The summed E-state index contributed by atoms with van der Waals surface area (Å²) in [6, 6.07) is 1.65. The van der Waals surface area contributed by atoms with E-state index in [0.29, 0.717) is 4.73 Å². The minimum absolute atomic E-state index is 0. The maximum atomic E-state index is 9.10. The average Bonchev–Trinajstić information content (AvgIpc) is 2.23. The van der Waals surface area contributed by atoms with Crippen molar-refractivity contribution in [3.63, 3.8) is 0 Å². The SMILES string of the molecule is Nc1nc(N2CCCCC2)c[c-][n+]1O.[Mn]. The first kappa shape index (κ1) is 12.1. The Balaban J connectivity index is 0.00000112. The molecule has 3 N–H and O–H groups in total. The monoisotopic (exact) mass is 249 g/mol. The summed E-state index contributed by atoms with van der Waals surface area (Å²) in [6.45, 7) is 2.02. The Morgan fingerprint density at radius 1 is 1.40 bits per heavy atom. The van der Waals surface area contributed by atoms with Crippen LogP contribution in [0.3, 0.4) is 0 Å². The Bertz CT molecular complexity index is 328. The van der Waals surface area contributed by atoms with Gasteiger partial charge in [-0.3, -0.25) is 0 Å². The fraction of sp³-hybridized carbons (Fsp3) is 0.556. The zero-order valence-corrected chi connectivity index (χ0v) is 9.54. The molecule has 0 saturated carbocycles. The summed E-state index contributed by atoms with van der Waals surface area (Å²) >= 11 is 0. The molecule has 0 bridgehead atoms. The van der Waals surface area contributed by atoms with Gasteiger partial charge in [0.25, 0.3) is 0 Å². The number of rotatable bonds is 1. The van der Waals surface area contributed by atoms with E-state index in [4.69, 9.17) is 10.9 Å². The van der Waals surface area contributed by atoms with Gasteiger partial charge >= 0.3 is 5.95 Å². The number of hydrogen-bond acceptors (Lipinski definition) is 4. The molecule has 0 aromatic carbocycles. The first-order valence-electron chi connectivity index (χ1n) is 4.82. The second kappa shape index (κ2) is 5.19. The minimum atomic E-state index is 0. The number of aromatic nitrogens is 2. The molecule has 1 fully saturated rings. The molecule has 2 rings (SSSR count). The molecule has 1 aliphatic rings. The number of nitrogen functional groups attached to an aromatic ring is 1. The van der Waals surface area contributed by atoms with Gasteiger partial charge < -0.3 is 15.8 Å². The Morgan fingerprint density at radius 2 is 2.07 bits per heavy atom. The fourth-order valence-electron chi connectivity index (χ4n) is 1.67. The number of anilines is 2. The smallest absolute Gasteiger partial charge is 0.316 e. The molecule has 0 aliphatic carbocycles. The Labute approximate surface area is 99.3 Å². The van der Waals surface area contributed by atoms with E-state index in [9.17, 15) is 0 Å². The Hall–Kier alpha value is -1.00. The van der Waals surface area contributed by atoms with Gasteiger partial charge in [0, 0.05) is 36.4 Å². The molecule has 0 amide bonds. The predicted molar refractivity (Wildman–Crippen MR) is 50.9 cm³/mol. The number of piperidine rings is 1. The van der Waals surface area contributed by atoms with Gasteiger partial charge in [-0.2, -0.15) is 9.71 Å². The standard InChI is InChI=1S/C9H14N4O.Mn/c10-9-11-8(4-7-13(9)14)12-5-2-1-3-6-12;/h4,14H,1-3,5-6H2,(H2,10,11);. The summed E-state index contributed by atoms with van der Waals surface area (Å²) in [6.07, 6.45) is 6.27. The van der Waals surface area contributed by atoms with Crippen molar-refractivity contribution >= 4 is 11.8 Å². The van der Waals surface area contributed by atoms with Crippen molar-refractivity contribution in [2.24, 2.45) is 0 Å². The van der Waals surface area contributed by atoms with Gasteiger partial charge in [-0.25, -0.2) is 0 Å². The van der Waals surface area contributed by atoms with Crippen LogP contribution in [0, 0.1) is 6.20 Å². The van der Waals surface area contributed by atoms with Crippen molar-refractivity contribution < 1.29 is 27.0 Å². The topological polar surface area (TPSA) is 66.3 Å². The molecule has 1 aromatic heterocycles. The molecule has 1 aliphatic heterocycles. The molecular formula is C9H14MnN4O. The number of hydrogen-bond donors (Lipinski definition) is 2. The molecule has 1 radical (unpaired) electrons. The molecule has 15 heavy (non-hydrogen) atoms. The van der Waals surface area contributed by atoms with Crippen molar-refractivity contribution in [2.45, 2.75) is 19.3 Å². The van der Waals surface area contributed by atoms with Gasteiger partial charge in [0.05, 0.1) is 5.82 Å². The molecule has 0 atom stereocenters. The van der Waals surface area contributed by atoms with Crippen LogP contribution in [0.1, 0.15) is 19.3 Å². The van der Waals surface area contributed by atoms with Crippen molar-refractivity contribution in [1.82, 2.24) is 4.98 Å². The van der Waals surface area contributed by atoms with E-state index in [1.54, 1.807) is 6.07 Å². The van der Waals surface area contributed by atoms with Crippen LogP contribution in [-0.2, 0) is 17.1 Å². The second-order valence-corrected chi connectivity index (χ2v) is 3.46. The molecular weight excluding hydrogens is 235 g/mol. The van der Waals surface area contributed by atoms with Gasteiger partial charge in [-0.05, 0) is 12.8 Å². The molecule has 83 valence electrons. The summed E-state index contributed by atoms with van der Waals surface area (Å²) in [5.74, 6) is 0.876. The minimum Gasteiger partial charge on any atom is -0.396 e. The van der Waals surface area contributed by atoms with Crippen molar-refractivity contribution in [3.05, 3.63) is 12.3 Å². The summed E-state index contributed by atoms with van der Waals surface area (Å²) in [7, 11) is 0. The van der Waals surface area contributed by atoms with Gasteiger partial charge in [-0.1, -0.05) is 12.5 Å². The van der Waals surface area contributed by atoms with Gasteiger partial charge in [0.2, 0.25) is 0 Å². The van der Waals surface area contributed by atoms with Gasteiger partial charge in [0.15, 0.2) is 0 Å². The molecule has 1 saturated heterocycles. The van der Waals surface area contributed by atoms with Crippen LogP contribution in [-0.4, -0.2) is 23.3 Å². The van der Waals surface area contributed by atoms with E-state index in [2.05, 4.69) is 16.1 Å². The normalized spacial score (nSPS) is 15.9. The third-order valence-corrected chi connectivity index (χ3v) is 2.44. The summed E-state index contributed by atoms with van der Waals surface area (Å²) < 4.78 is 0.702. The second-order valence-electron chi connectivity index (χ2n) is 3.46. The zero-order chi connectivity index (χ0) is 9.97. The van der Waals surface area contributed by atoms with Crippen LogP contribution in [0.25, 0.3) is 0 Å². The van der Waals surface area contributed by atoms with Crippen LogP contribution in [0.2, 0.25) is 0 Å². The predicted octanol–water partition coefficient (Wildman–Crippen LogP) is -0.0234. The molecule has 0 spiro atoms. The molecule has 6 heteroatoms. The molecule has 5 nitrogen and oxygen atoms in total. The van der Waals surface area contributed by atoms with Crippen molar-refractivity contribution in [2.75, 3.05) is 23.7 Å². The third kappa shape index (κ3) is 2.73. The molecule has 0 unspecified atom stereocenters. The van der Waals surface area contributed by atoms with E-state index in [0.717, 1.165) is 18.9 Å². The van der Waals surface area contributed by atoms with Crippen molar-refractivity contribution in [1.29, 1.82) is 0 Å². The van der Waals surface area contributed by atoms with E-state index in [1.807, 2.05) is 0 Å². The molecule has 1 aromatic rings. The zero-order valence-electron chi connectivity index (χ0n) is 8.36. The third-order valence-electron chi connectivity index (χ3n) is 2.44. The van der Waals surface area contributed by atoms with Gasteiger partial charge in [-0.15, -0.1) is 0 Å². The largest absolute Gasteiger partial charge is 0.396 e. The average molecular weight is 249 g/mol. The van der Waals surface area contributed by atoms with E-state index < -0.39 is 0 Å². The van der Waals surface area contributed by atoms with Crippen LogP contribution < -0.4 is 15.4 Å². The van der Waals surface area contributed by atoms with E-state index in [-0.39, 0.29) is 23.0 Å². The van der Waals surface area contributed by atoms with Crippen LogP contribution in [0.5, 0.6) is 0 Å². The Morgan fingerprint density at radius 3 is 2.67 bits per heavy atom. The first-order valence-corrected chi connectivity index (χ1v) is 4.82. The van der Waals surface area contributed by atoms with Gasteiger partial charge in [0.1, 0.15) is 0 Å². The summed E-state index contributed by atoms with van der Waals surface area (Å²) in [4.78, 5) is 6.24. The fourth-order valence-corrected chi connectivity index (χ4v) is 1.67. The quantitative estimate of drug-likeness (QED) is 0.317. The summed E-state index contributed by atoms with van der Waals surface area (Å²) in [5.41, 5.74) is 5.47. The van der Waals surface area contributed by atoms with Crippen LogP contribution >= 0.6 is 0 Å². The van der Waals surface area contributed by atoms with Crippen LogP contribution in [0.4, 0.5) is 11.8 Å². The van der Waals surface area contributed by atoms with Crippen LogP contribution in [0.15, 0.2) is 6.07 Å². The molecule has 2 heterocycles.